The Morgan fingerprint density at radius 2 is 1.70 bits per heavy atom. The van der Waals surface area contributed by atoms with Crippen molar-refractivity contribution in [3.8, 4) is 5.69 Å². The molecule has 0 fully saturated rings. The van der Waals surface area contributed by atoms with Gasteiger partial charge in [-0.15, -0.1) is 0 Å². The van der Waals surface area contributed by atoms with Crippen molar-refractivity contribution in [3.05, 3.63) is 77.1 Å². The van der Waals surface area contributed by atoms with Gasteiger partial charge in [-0.25, -0.2) is 13.5 Å². The molecule has 0 bridgehead atoms. The number of ketones is 1. The second-order valence-corrected chi connectivity index (χ2v) is 5.73. The van der Waals surface area contributed by atoms with Gasteiger partial charge in [0.15, 0.2) is 17.4 Å². The Kier molecular flexibility index (Phi) is 4.69. The number of nitrogen functional groups attached to an aromatic ring is 1. The first kappa shape index (κ1) is 18.6. The Balaban J connectivity index is 1.89. The Hall–Kier alpha value is -3.23. The second-order valence-electron chi connectivity index (χ2n) is 5.73. The van der Waals surface area contributed by atoms with E-state index in [1.165, 1.54) is 24.4 Å². The van der Waals surface area contributed by atoms with Crippen LogP contribution in [-0.4, -0.2) is 15.6 Å². The van der Waals surface area contributed by atoms with Crippen molar-refractivity contribution in [3.63, 3.8) is 0 Å². The highest BCUT2D eigenvalue weighted by Gasteiger charge is 2.34. The molecular formula is C18H12F5N3O. The van der Waals surface area contributed by atoms with Gasteiger partial charge in [-0.1, -0.05) is 18.2 Å². The zero-order valence-electron chi connectivity index (χ0n) is 13.6. The highest BCUT2D eigenvalue weighted by Crippen LogP contribution is 2.32. The maximum absolute atomic E-state index is 13.9. The quantitative estimate of drug-likeness (QED) is 0.419. The fraction of sp³-hybridized carbons (Fsp3) is 0.111. The summed E-state index contributed by atoms with van der Waals surface area (Å²) in [7, 11) is 0. The molecule has 2 N–H and O–H groups in total. The number of nitrogens with zero attached hydrogens (tertiary/aromatic N) is 2. The van der Waals surface area contributed by atoms with Gasteiger partial charge in [0.05, 0.1) is 17.7 Å². The Morgan fingerprint density at radius 3 is 2.33 bits per heavy atom. The lowest BCUT2D eigenvalue weighted by Gasteiger charge is -2.11. The maximum Gasteiger partial charge on any atom is 0.417 e. The summed E-state index contributed by atoms with van der Waals surface area (Å²) in [6.45, 7) is 0. The summed E-state index contributed by atoms with van der Waals surface area (Å²) in [5, 5.41) is 3.88. The fourth-order valence-electron chi connectivity index (χ4n) is 2.62. The van der Waals surface area contributed by atoms with E-state index in [1.54, 1.807) is 0 Å². The normalized spacial score (nSPS) is 11.6. The Labute approximate surface area is 150 Å². The van der Waals surface area contributed by atoms with Gasteiger partial charge < -0.3 is 5.73 Å². The molecule has 0 amide bonds. The molecule has 1 heterocycles. The van der Waals surface area contributed by atoms with Crippen LogP contribution < -0.4 is 5.73 Å². The Morgan fingerprint density at radius 1 is 1.07 bits per heavy atom. The van der Waals surface area contributed by atoms with Crippen LogP contribution in [-0.2, 0) is 12.6 Å². The first-order chi connectivity index (χ1) is 12.7. The third kappa shape index (κ3) is 3.81. The van der Waals surface area contributed by atoms with E-state index in [9.17, 15) is 26.7 Å². The van der Waals surface area contributed by atoms with E-state index in [1.807, 2.05) is 0 Å². The maximum atomic E-state index is 13.9. The first-order valence-electron chi connectivity index (χ1n) is 7.65. The van der Waals surface area contributed by atoms with Crippen molar-refractivity contribution in [1.29, 1.82) is 0 Å². The molecule has 0 saturated carbocycles. The molecule has 0 spiro atoms. The van der Waals surface area contributed by atoms with Crippen molar-refractivity contribution >= 4 is 11.5 Å². The molecule has 0 saturated heterocycles. The number of halogens is 5. The van der Waals surface area contributed by atoms with Gasteiger partial charge in [0.2, 0.25) is 0 Å². The number of hydrogen-bond acceptors (Lipinski definition) is 3. The van der Waals surface area contributed by atoms with Crippen molar-refractivity contribution in [2.24, 2.45) is 0 Å². The number of anilines is 1. The number of alkyl halides is 3. The van der Waals surface area contributed by atoms with Crippen LogP contribution in [0.15, 0.2) is 48.7 Å². The van der Waals surface area contributed by atoms with Gasteiger partial charge in [0, 0.05) is 17.4 Å². The van der Waals surface area contributed by atoms with Crippen molar-refractivity contribution in [1.82, 2.24) is 9.78 Å². The average molecular weight is 381 g/mol. The lowest BCUT2D eigenvalue weighted by molar-refractivity contribution is -0.137. The summed E-state index contributed by atoms with van der Waals surface area (Å²) in [4.78, 5) is 12.3. The van der Waals surface area contributed by atoms with Gasteiger partial charge in [0.25, 0.3) is 0 Å². The second kappa shape index (κ2) is 6.82. The van der Waals surface area contributed by atoms with E-state index in [2.05, 4.69) is 5.10 Å². The molecule has 0 aliphatic carbocycles. The van der Waals surface area contributed by atoms with Crippen molar-refractivity contribution in [2.75, 3.05) is 5.73 Å². The molecule has 27 heavy (non-hydrogen) atoms. The molecule has 1 aromatic heterocycles. The third-order valence-electron chi connectivity index (χ3n) is 3.79. The van der Waals surface area contributed by atoms with Crippen LogP contribution in [0, 0.1) is 11.6 Å². The highest BCUT2D eigenvalue weighted by molar-refractivity contribution is 5.98. The van der Waals surface area contributed by atoms with Gasteiger partial charge in [-0.2, -0.15) is 18.3 Å². The number of aromatic nitrogens is 2. The molecule has 0 atom stereocenters. The number of benzene rings is 2. The van der Waals surface area contributed by atoms with Crippen LogP contribution in [0.5, 0.6) is 0 Å². The number of rotatable bonds is 4. The minimum Gasteiger partial charge on any atom is -0.399 e. The summed E-state index contributed by atoms with van der Waals surface area (Å²) in [5.41, 5.74) is 3.25. The summed E-state index contributed by atoms with van der Waals surface area (Å²) in [6, 6.07) is 7.49. The molecule has 0 radical (unpaired) electrons. The van der Waals surface area contributed by atoms with E-state index in [4.69, 9.17) is 5.73 Å². The minimum atomic E-state index is -4.68. The zero-order chi connectivity index (χ0) is 19.8. The molecule has 2 aromatic carbocycles. The smallest absolute Gasteiger partial charge is 0.399 e. The number of carbonyl (C=O) groups is 1. The molecule has 9 heteroatoms. The van der Waals surface area contributed by atoms with E-state index in [-0.39, 0.29) is 11.4 Å². The molecule has 0 aliphatic rings. The van der Waals surface area contributed by atoms with Crippen LogP contribution in [0.1, 0.15) is 21.6 Å². The minimum absolute atomic E-state index is 0.0626. The van der Waals surface area contributed by atoms with Gasteiger partial charge in [0.1, 0.15) is 5.69 Å². The molecule has 3 aromatic rings. The topological polar surface area (TPSA) is 60.9 Å². The molecule has 3 rings (SSSR count). The highest BCUT2D eigenvalue weighted by atomic mass is 19.4. The predicted molar refractivity (Wildman–Crippen MR) is 87.4 cm³/mol. The van der Waals surface area contributed by atoms with Gasteiger partial charge >= 0.3 is 6.18 Å². The Bertz CT molecular complexity index is 987. The largest absolute Gasteiger partial charge is 0.417 e. The third-order valence-corrected chi connectivity index (χ3v) is 3.79. The standard InChI is InChI=1S/C18H12F5N3O/c19-14-7-10(24)8-15(20)17(14)26-6-5-11(25-26)9-16(27)12-3-1-2-4-13(12)18(21,22)23/h1-8H,9,24H2. The zero-order valence-corrected chi connectivity index (χ0v) is 13.6. The summed E-state index contributed by atoms with van der Waals surface area (Å²) in [5.74, 6) is -2.74. The lowest BCUT2D eigenvalue weighted by Crippen LogP contribution is -2.14. The molecule has 140 valence electrons. The number of carbonyl (C=O) groups excluding carboxylic acids is 1. The van der Waals surface area contributed by atoms with Crippen LogP contribution >= 0.6 is 0 Å². The fourth-order valence-corrected chi connectivity index (χ4v) is 2.62. The molecule has 0 unspecified atom stereocenters. The molecular weight excluding hydrogens is 369 g/mol. The first-order valence-corrected chi connectivity index (χ1v) is 7.65. The van der Waals surface area contributed by atoms with Crippen LogP contribution in [0.25, 0.3) is 5.69 Å². The van der Waals surface area contributed by atoms with E-state index < -0.39 is 46.8 Å². The monoisotopic (exact) mass is 381 g/mol. The van der Waals surface area contributed by atoms with Crippen molar-refractivity contribution < 1.29 is 26.7 Å². The van der Waals surface area contributed by atoms with E-state index >= 15 is 0 Å². The number of nitrogens with two attached hydrogens (primary N) is 1. The van der Waals surface area contributed by atoms with Crippen LogP contribution in [0.4, 0.5) is 27.6 Å². The predicted octanol–water partition coefficient (Wildman–Crippen LogP) is 4.18. The van der Waals surface area contributed by atoms with Crippen LogP contribution in [0.2, 0.25) is 0 Å². The summed E-state index contributed by atoms with van der Waals surface area (Å²) < 4.78 is 67.8. The van der Waals surface area contributed by atoms with E-state index in [0.717, 1.165) is 28.9 Å². The van der Waals surface area contributed by atoms with Crippen LogP contribution in [0.3, 0.4) is 0 Å². The summed E-state index contributed by atoms with van der Waals surface area (Å²) >= 11 is 0. The van der Waals surface area contributed by atoms with E-state index in [0.29, 0.717) is 0 Å². The van der Waals surface area contributed by atoms with Crippen molar-refractivity contribution in [2.45, 2.75) is 12.6 Å². The lowest BCUT2D eigenvalue weighted by atomic mass is 10.0. The summed E-state index contributed by atoms with van der Waals surface area (Å²) in [6.07, 6.45) is -3.93. The molecule has 0 aliphatic heterocycles. The van der Waals surface area contributed by atoms with Gasteiger partial charge in [-0.3, -0.25) is 4.79 Å². The van der Waals surface area contributed by atoms with Gasteiger partial charge in [-0.05, 0) is 24.3 Å². The molecule has 4 nitrogen and oxygen atoms in total. The average Bonchev–Trinajstić information content (AvgIpc) is 3.01. The number of hydrogen-bond donors (Lipinski definition) is 1. The number of Topliss-reactive ketones (excluding diaryl/α,β-unsaturated/α-hetero) is 1. The SMILES string of the molecule is Nc1cc(F)c(-n2ccc(CC(=O)c3ccccc3C(F)(F)F)n2)c(F)c1.